The third kappa shape index (κ3) is 6.97. The van der Waals surface area contributed by atoms with Crippen LogP contribution < -0.4 is 21.8 Å². The molecule has 8 nitrogen and oxygen atoms in total. The number of aliphatic hydroxyl groups excluding tert-OH is 1. The molecule has 0 aliphatic rings. The van der Waals surface area contributed by atoms with Gasteiger partial charge in [0.05, 0.1) is 24.1 Å². The first-order valence-corrected chi connectivity index (χ1v) is 15.6. The molecule has 2 aromatic heterocycles. The minimum Gasteiger partial charge on any atom is -0.394 e. The maximum absolute atomic E-state index is 14.8. The first-order chi connectivity index (χ1) is 22.1. The summed E-state index contributed by atoms with van der Waals surface area (Å²) < 4.78 is 31.3. The number of thiophene rings is 1. The molecular formula is C35H34F2N4O4S. The lowest BCUT2D eigenvalue weighted by molar-refractivity contribution is -0.118. The number of nitrogens with zero attached hydrogens (tertiary/aromatic N) is 1. The van der Waals surface area contributed by atoms with E-state index in [1.807, 2.05) is 30.3 Å². The Kier molecular flexibility index (Phi) is 10.2. The predicted molar refractivity (Wildman–Crippen MR) is 177 cm³/mol. The number of anilines is 1. The second-order valence-corrected chi connectivity index (χ2v) is 12.3. The molecule has 0 fully saturated rings. The molecular weight excluding hydrogens is 610 g/mol. The molecule has 2 heterocycles. The molecule has 5 N–H and O–H groups in total. The van der Waals surface area contributed by atoms with Gasteiger partial charge in [-0.2, -0.15) is 0 Å². The van der Waals surface area contributed by atoms with Gasteiger partial charge in [0.25, 0.3) is 0 Å². The van der Waals surface area contributed by atoms with E-state index in [0.29, 0.717) is 28.0 Å². The van der Waals surface area contributed by atoms with Gasteiger partial charge in [0.1, 0.15) is 22.5 Å². The molecule has 5 aromatic rings. The Morgan fingerprint density at radius 3 is 2.24 bits per heavy atom. The number of nitrogens with two attached hydrogens (primary N) is 1. The highest BCUT2D eigenvalue weighted by molar-refractivity contribution is 7.22. The van der Waals surface area contributed by atoms with Gasteiger partial charge >= 0.3 is 0 Å². The molecule has 46 heavy (non-hydrogen) atoms. The van der Waals surface area contributed by atoms with Crippen LogP contribution in [0.4, 0.5) is 14.5 Å². The Hall–Kier alpha value is -4.55. The lowest BCUT2D eigenvalue weighted by Gasteiger charge is -2.14. The van der Waals surface area contributed by atoms with Crippen molar-refractivity contribution in [2.45, 2.75) is 39.5 Å². The minimum atomic E-state index is -1.07. The zero-order chi connectivity index (χ0) is 33.0. The second-order valence-electron chi connectivity index (χ2n) is 11.3. The summed E-state index contributed by atoms with van der Waals surface area (Å²) in [5.41, 5.74) is 7.80. The number of hydrogen-bond donors (Lipinski definition) is 4. The number of carbonyl (C=O) groups excluding carboxylic acids is 2. The van der Waals surface area contributed by atoms with Crippen molar-refractivity contribution in [1.29, 1.82) is 0 Å². The number of amides is 1. The lowest BCUT2D eigenvalue weighted by Crippen LogP contribution is -2.38. The number of nitrogens with one attached hydrogen (secondary N) is 2. The van der Waals surface area contributed by atoms with Crippen LogP contribution in [0.1, 0.15) is 40.9 Å². The number of fused-ring (bicyclic) bond motifs is 1. The van der Waals surface area contributed by atoms with Crippen LogP contribution in [0.15, 0.2) is 83.8 Å². The summed E-state index contributed by atoms with van der Waals surface area (Å²) in [6.07, 6.45) is 1.41. The number of hydrogen-bond acceptors (Lipinski definition) is 7. The quantitative estimate of drug-likeness (QED) is 0.134. The van der Waals surface area contributed by atoms with Crippen LogP contribution in [-0.2, 0) is 24.4 Å². The Morgan fingerprint density at radius 1 is 0.935 bits per heavy atom. The summed E-state index contributed by atoms with van der Waals surface area (Å²) in [4.78, 5) is 40.8. The molecule has 0 aliphatic heterocycles. The zero-order valence-electron chi connectivity index (χ0n) is 25.3. The highest BCUT2D eigenvalue weighted by atomic mass is 32.1. The highest BCUT2D eigenvalue weighted by Crippen LogP contribution is 2.39. The minimum absolute atomic E-state index is 0.0498. The number of ketones is 1. The smallest absolute Gasteiger partial charge is 0.243 e. The molecule has 0 saturated heterocycles. The van der Waals surface area contributed by atoms with Crippen LogP contribution in [0.3, 0.4) is 0 Å². The normalized spacial score (nSPS) is 12.1. The van der Waals surface area contributed by atoms with E-state index in [0.717, 1.165) is 16.0 Å². The number of Topliss-reactive ketones (excluding diaryl/α,β-unsaturated/α-hetero) is 1. The van der Waals surface area contributed by atoms with Gasteiger partial charge in [-0.05, 0) is 41.0 Å². The van der Waals surface area contributed by atoms with Crippen molar-refractivity contribution < 1.29 is 23.5 Å². The molecule has 0 radical (unpaired) electrons. The summed E-state index contributed by atoms with van der Waals surface area (Å²) in [6.45, 7) is 3.43. The molecule has 11 heteroatoms. The van der Waals surface area contributed by atoms with Crippen molar-refractivity contribution in [1.82, 2.24) is 9.88 Å². The van der Waals surface area contributed by atoms with Crippen molar-refractivity contribution in [3.8, 4) is 10.4 Å². The van der Waals surface area contributed by atoms with Crippen molar-refractivity contribution in [3.05, 3.63) is 123 Å². The molecule has 0 saturated carbocycles. The monoisotopic (exact) mass is 644 g/mol. The molecule has 0 spiro atoms. The third-order valence-corrected chi connectivity index (χ3v) is 8.93. The van der Waals surface area contributed by atoms with Crippen molar-refractivity contribution in [2.24, 2.45) is 11.7 Å². The Bertz CT molecular complexity index is 1920. The molecule has 238 valence electrons. The standard InChI is InChI=1S/C35H34F2N4O4S/c1-20(2)31(43)26-18-41(17-25-27(36)9-6-10-28(25)37)35-30(32(26)44)24(16-39-15-21-7-4-3-5-8-21)33(46-35)22-11-13-23(14-12-22)40-34(45)29(38)19-42/h3-14,18,20,29,39,42H,15-17,19,38H2,1-2H3,(H,40,45). The third-order valence-electron chi connectivity index (χ3n) is 7.61. The maximum atomic E-state index is 14.8. The van der Waals surface area contributed by atoms with Gasteiger partial charge in [-0.25, -0.2) is 8.78 Å². The zero-order valence-corrected chi connectivity index (χ0v) is 26.2. The summed E-state index contributed by atoms with van der Waals surface area (Å²) >= 11 is 1.28. The van der Waals surface area contributed by atoms with E-state index in [1.165, 1.54) is 35.7 Å². The first-order valence-electron chi connectivity index (χ1n) is 14.8. The molecule has 1 unspecified atom stereocenters. The van der Waals surface area contributed by atoms with Crippen LogP contribution in [-0.4, -0.2) is 34.0 Å². The molecule has 1 atom stereocenters. The van der Waals surface area contributed by atoms with Crippen molar-refractivity contribution in [3.63, 3.8) is 0 Å². The van der Waals surface area contributed by atoms with E-state index >= 15 is 0 Å². The molecule has 0 aliphatic carbocycles. The number of benzene rings is 3. The second kappa shape index (κ2) is 14.3. The average molecular weight is 645 g/mol. The fourth-order valence-electron chi connectivity index (χ4n) is 5.11. The van der Waals surface area contributed by atoms with Gasteiger partial charge < -0.3 is 26.0 Å². The van der Waals surface area contributed by atoms with E-state index in [9.17, 15) is 28.3 Å². The van der Waals surface area contributed by atoms with E-state index in [4.69, 9.17) is 5.73 Å². The average Bonchev–Trinajstić information content (AvgIpc) is 3.44. The van der Waals surface area contributed by atoms with E-state index in [-0.39, 0.29) is 30.0 Å². The van der Waals surface area contributed by atoms with Gasteiger partial charge in [-0.3, -0.25) is 14.4 Å². The van der Waals surface area contributed by atoms with Crippen LogP contribution >= 0.6 is 11.3 Å². The summed E-state index contributed by atoms with van der Waals surface area (Å²) in [5, 5.41) is 15.6. The molecule has 1 amide bonds. The number of rotatable bonds is 12. The largest absolute Gasteiger partial charge is 0.394 e. The van der Waals surface area contributed by atoms with Crippen molar-refractivity contribution in [2.75, 3.05) is 11.9 Å². The van der Waals surface area contributed by atoms with Crippen LogP contribution in [0, 0.1) is 17.6 Å². The van der Waals surface area contributed by atoms with Gasteiger partial charge in [0.2, 0.25) is 11.3 Å². The lowest BCUT2D eigenvalue weighted by atomic mass is 9.99. The van der Waals surface area contributed by atoms with E-state index in [2.05, 4.69) is 10.6 Å². The number of aromatic nitrogens is 1. The highest BCUT2D eigenvalue weighted by Gasteiger charge is 2.25. The Labute approximate surface area is 268 Å². The van der Waals surface area contributed by atoms with Crippen LogP contribution in [0.25, 0.3) is 20.7 Å². The van der Waals surface area contributed by atoms with Gasteiger partial charge in [0, 0.05) is 41.3 Å². The molecule has 0 bridgehead atoms. The number of halogens is 2. The topological polar surface area (TPSA) is 126 Å². The number of aliphatic hydroxyl groups is 1. The summed E-state index contributed by atoms with van der Waals surface area (Å²) in [5.74, 6) is -2.86. The summed E-state index contributed by atoms with van der Waals surface area (Å²) in [6, 6.07) is 19.2. The summed E-state index contributed by atoms with van der Waals surface area (Å²) in [7, 11) is 0. The predicted octanol–water partition coefficient (Wildman–Crippen LogP) is 5.44. The number of carbonyl (C=O) groups is 2. The van der Waals surface area contributed by atoms with Gasteiger partial charge in [-0.15, -0.1) is 11.3 Å². The first kappa shape index (κ1) is 32.8. The molecule has 5 rings (SSSR count). The fourth-order valence-corrected chi connectivity index (χ4v) is 6.40. The van der Waals surface area contributed by atoms with Crippen LogP contribution in [0.5, 0.6) is 0 Å². The molecule has 3 aromatic carbocycles. The maximum Gasteiger partial charge on any atom is 0.243 e. The van der Waals surface area contributed by atoms with Gasteiger partial charge in [0.15, 0.2) is 5.78 Å². The Morgan fingerprint density at radius 2 is 1.61 bits per heavy atom. The van der Waals surface area contributed by atoms with Crippen molar-refractivity contribution >= 4 is 38.9 Å². The number of pyridine rings is 1. The Balaban J connectivity index is 1.67. The van der Waals surface area contributed by atoms with Crippen LogP contribution in [0.2, 0.25) is 0 Å². The SMILES string of the molecule is CC(C)C(=O)c1cn(Cc2c(F)cccc2F)c2sc(-c3ccc(NC(=O)C(N)CO)cc3)c(CNCc3ccccc3)c2c1=O. The fraction of sp³-hybridized carbons (Fsp3) is 0.229. The van der Waals surface area contributed by atoms with E-state index < -0.39 is 41.5 Å². The van der Waals surface area contributed by atoms with E-state index in [1.54, 1.807) is 42.7 Å². The van der Waals surface area contributed by atoms with Gasteiger partial charge in [-0.1, -0.05) is 62.4 Å².